The van der Waals surface area contributed by atoms with Gasteiger partial charge in [0.05, 0.1) is 24.3 Å². The highest BCUT2D eigenvalue weighted by Crippen LogP contribution is 2.24. The molecule has 1 aliphatic rings. The van der Waals surface area contributed by atoms with Gasteiger partial charge in [0.1, 0.15) is 5.69 Å². The highest BCUT2D eigenvalue weighted by Gasteiger charge is 2.09. The summed E-state index contributed by atoms with van der Waals surface area (Å²) in [5, 5.41) is 8.55. The molecule has 3 heterocycles. The second-order valence-electron chi connectivity index (χ2n) is 6.80. The van der Waals surface area contributed by atoms with E-state index in [1.807, 2.05) is 24.7 Å². The van der Waals surface area contributed by atoms with E-state index in [9.17, 15) is 0 Å². The Balaban J connectivity index is 1.50. The van der Waals surface area contributed by atoms with Crippen LogP contribution in [0.1, 0.15) is 29.5 Å². The van der Waals surface area contributed by atoms with E-state index in [0.29, 0.717) is 0 Å². The zero-order valence-electron chi connectivity index (χ0n) is 15.5. The highest BCUT2D eigenvalue weighted by molar-refractivity contribution is 5.68. The molecule has 27 heavy (non-hydrogen) atoms. The number of pyridine rings is 1. The Kier molecular flexibility index (Phi) is 5.19. The third-order valence-corrected chi connectivity index (χ3v) is 4.83. The van der Waals surface area contributed by atoms with Gasteiger partial charge < -0.3 is 4.57 Å². The minimum absolute atomic E-state index is 0.795. The minimum Gasteiger partial charge on any atom is -0.336 e. The molecule has 0 spiro atoms. The fourth-order valence-corrected chi connectivity index (χ4v) is 3.23. The van der Waals surface area contributed by atoms with E-state index < -0.39 is 0 Å². The maximum Gasteiger partial charge on any atom is 0.107 e. The zero-order valence-corrected chi connectivity index (χ0v) is 15.5. The first-order chi connectivity index (χ1) is 13.3. The zero-order chi connectivity index (χ0) is 18.5. The van der Waals surface area contributed by atoms with Crippen molar-refractivity contribution in [1.82, 2.24) is 14.5 Å². The molecule has 1 aliphatic heterocycles. The number of hydrogen-bond acceptors (Lipinski definition) is 4. The summed E-state index contributed by atoms with van der Waals surface area (Å²) in [7, 11) is 0. The summed E-state index contributed by atoms with van der Waals surface area (Å²) < 4.78 is 2.13. The summed E-state index contributed by atoms with van der Waals surface area (Å²) in [5.41, 5.74) is 6.42. The lowest BCUT2D eigenvalue weighted by atomic mass is 10.1. The summed E-state index contributed by atoms with van der Waals surface area (Å²) in [4.78, 5) is 9.05. The molecular weight excluding hydrogens is 334 g/mol. The summed E-state index contributed by atoms with van der Waals surface area (Å²) >= 11 is 0. The van der Waals surface area contributed by atoms with Gasteiger partial charge in [-0.25, -0.2) is 4.98 Å². The van der Waals surface area contributed by atoms with E-state index >= 15 is 0 Å². The predicted octanol–water partition coefficient (Wildman–Crippen LogP) is 5.08. The number of rotatable bonds is 5. The van der Waals surface area contributed by atoms with E-state index in [1.165, 1.54) is 11.1 Å². The fraction of sp³-hybridized carbons (Fsp3) is 0.273. The van der Waals surface area contributed by atoms with Crippen LogP contribution in [0.3, 0.4) is 0 Å². The van der Waals surface area contributed by atoms with E-state index in [0.717, 1.165) is 55.0 Å². The van der Waals surface area contributed by atoms with Crippen LogP contribution in [0.2, 0.25) is 0 Å². The molecule has 3 aromatic rings. The van der Waals surface area contributed by atoms with Crippen molar-refractivity contribution in [3.05, 3.63) is 77.9 Å². The van der Waals surface area contributed by atoms with Crippen LogP contribution in [-0.2, 0) is 13.0 Å². The van der Waals surface area contributed by atoms with E-state index in [1.54, 1.807) is 0 Å². The lowest BCUT2D eigenvalue weighted by molar-refractivity contribution is 0.694. The lowest BCUT2D eigenvalue weighted by Gasteiger charge is -2.06. The van der Waals surface area contributed by atoms with Crippen LogP contribution in [0.4, 0.5) is 0 Å². The quantitative estimate of drug-likeness (QED) is 0.639. The van der Waals surface area contributed by atoms with Crippen LogP contribution >= 0.6 is 0 Å². The second-order valence-corrected chi connectivity index (χ2v) is 6.80. The molecule has 2 aromatic heterocycles. The first-order valence-electron chi connectivity index (χ1n) is 9.40. The third-order valence-electron chi connectivity index (χ3n) is 4.83. The third kappa shape index (κ3) is 4.19. The SMILES string of the molecule is Cc1ccccc1CCn1cnc(-c2cc(C3=CCCCN=N3)ccn2)c1. The van der Waals surface area contributed by atoms with Gasteiger partial charge in [-0.05, 0) is 49.4 Å². The minimum atomic E-state index is 0.795. The van der Waals surface area contributed by atoms with Crippen LogP contribution in [0.5, 0.6) is 0 Å². The normalized spacial score (nSPS) is 14.0. The van der Waals surface area contributed by atoms with Crippen LogP contribution in [-0.4, -0.2) is 21.1 Å². The Morgan fingerprint density at radius 2 is 2.00 bits per heavy atom. The molecular formula is C22H23N5. The molecule has 0 radical (unpaired) electrons. The molecule has 0 saturated heterocycles. The van der Waals surface area contributed by atoms with Crippen molar-refractivity contribution in [2.45, 2.75) is 32.7 Å². The fourth-order valence-electron chi connectivity index (χ4n) is 3.23. The monoisotopic (exact) mass is 357 g/mol. The first kappa shape index (κ1) is 17.3. The van der Waals surface area contributed by atoms with Gasteiger partial charge in [0.25, 0.3) is 0 Å². The van der Waals surface area contributed by atoms with Gasteiger partial charge >= 0.3 is 0 Å². The summed E-state index contributed by atoms with van der Waals surface area (Å²) in [5.74, 6) is 0. The molecule has 0 atom stereocenters. The van der Waals surface area contributed by atoms with Crippen molar-refractivity contribution in [1.29, 1.82) is 0 Å². The van der Waals surface area contributed by atoms with Gasteiger partial charge in [-0.2, -0.15) is 10.2 Å². The molecule has 0 aliphatic carbocycles. The molecule has 0 bridgehead atoms. The molecule has 0 amide bonds. The Labute approximate surface area is 159 Å². The van der Waals surface area contributed by atoms with Gasteiger partial charge in [0, 0.05) is 24.5 Å². The second kappa shape index (κ2) is 8.08. The smallest absolute Gasteiger partial charge is 0.107 e. The highest BCUT2D eigenvalue weighted by atomic mass is 15.1. The number of nitrogens with zero attached hydrogens (tertiary/aromatic N) is 5. The molecule has 1 aromatic carbocycles. The van der Waals surface area contributed by atoms with Crippen molar-refractivity contribution in [2.75, 3.05) is 6.54 Å². The summed E-state index contributed by atoms with van der Waals surface area (Å²) in [6.45, 7) is 3.85. The first-order valence-corrected chi connectivity index (χ1v) is 9.40. The maximum atomic E-state index is 4.55. The molecule has 136 valence electrons. The maximum absolute atomic E-state index is 4.55. The lowest BCUT2D eigenvalue weighted by Crippen LogP contribution is -1.99. The van der Waals surface area contributed by atoms with Gasteiger partial charge in [-0.3, -0.25) is 4.98 Å². The van der Waals surface area contributed by atoms with E-state index in [2.05, 4.69) is 68.2 Å². The average molecular weight is 357 g/mol. The van der Waals surface area contributed by atoms with Gasteiger partial charge in [-0.15, -0.1) is 0 Å². The van der Waals surface area contributed by atoms with Crippen molar-refractivity contribution < 1.29 is 0 Å². The van der Waals surface area contributed by atoms with Gasteiger partial charge in [0.2, 0.25) is 0 Å². The Bertz CT molecular complexity index is 984. The van der Waals surface area contributed by atoms with Crippen LogP contribution in [0.25, 0.3) is 17.1 Å². The summed E-state index contributed by atoms with van der Waals surface area (Å²) in [6.07, 6.45) is 11.0. The van der Waals surface area contributed by atoms with Gasteiger partial charge in [0.15, 0.2) is 0 Å². The van der Waals surface area contributed by atoms with Crippen molar-refractivity contribution >= 4 is 5.70 Å². The number of aryl methyl sites for hydroxylation is 3. The molecule has 5 nitrogen and oxygen atoms in total. The molecule has 0 N–H and O–H groups in total. The largest absolute Gasteiger partial charge is 0.336 e. The molecule has 0 fully saturated rings. The van der Waals surface area contributed by atoms with Crippen LogP contribution in [0.15, 0.2) is 71.4 Å². The van der Waals surface area contributed by atoms with Crippen molar-refractivity contribution in [3.63, 3.8) is 0 Å². The van der Waals surface area contributed by atoms with Crippen LogP contribution in [0, 0.1) is 6.92 Å². The Morgan fingerprint density at radius 3 is 2.93 bits per heavy atom. The number of hydrogen-bond donors (Lipinski definition) is 0. The Hall–Kier alpha value is -3.08. The standard InChI is InChI=1S/C22H23N5/c1-17-6-2-3-7-18(17)10-13-27-15-22(24-16-27)21-14-19(9-12-23-21)20-8-4-5-11-25-26-20/h2-3,6-9,12,14-16H,4-5,10-11,13H2,1H3. The van der Waals surface area contributed by atoms with Crippen molar-refractivity contribution in [3.8, 4) is 11.4 Å². The predicted molar refractivity (Wildman–Crippen MR) is 107 cm³/mol. The molecule has 0 saturated carbocycles. The van der Waals surface area contributed by atoms with E-state index in [4.69, 9.17) is 0 Å². The van der Waals surface area contributed by atoms with Gasteiger partial charge in [-0.1, -0.05) is 30.3 Å². The van der Waals surface area contributed by atoms with E-state index in [-0.39, 0.29) is 0 Å². The van der Waals surface area contributed by atoms with Crippen LogP contribution < -0.4 is 0 Å². The van der Waals surface area contributed by atoms with Crippen molar-refractivity contribution in [2.24, 2.45) is 10.2 Å². The number of benzene rings is 1. The number of aromatic nitrogens is 3. The molecule has 4 rings (SSSR count). The average Bonchev–Trinajstić information content (AvgIpc) is 3.01. The number of allylic oxidation sites excluding steroid dienone is 1. The molecule has 0 unspecified atom stereocenters. The Morgan fingerprint density at radius 1 is 1.07 bits per heavy atom. The molecule has 5 heteroatoms. The number of azo groups is 1. The number of imidazole rings is 1. The topological polar surface area (TPSA) is 55.4 Å². The summed E-state index contributed by atoms with van der Waals surface area (Å²) in [6, 6.07) is 12.5.